The Kier molecular flexibility index (Phi) is 7.21. The molecule has 4 aromatic rings. The number of carboxylic acid groups (broad SMARTS) is 1. The summed E-state index contributed by atoms with van der Waals surface area (Å²) in [5.41, 5.74) is 9.13. The first-order valence-corrected chi connectivity index (χ1v) is 11.0. The van der Waals surface area contributed by atoms with Gasteiger partial charge in [-0.25, -0.2) is 14.8 Å². The molecule has 0 radical (unpaired) electrons. The Morgan fingerprint density at radius 1 is 0.886 bits per heavy atom. The average molecular weight is 479 g/mol. The van der Waals surface area contributed by atoms with Crippen LogP contribution >= 0.6 is 0 Å². The van der Waals surface area contributed by atoms with Crippen molar-refractivity contribution in [3.63, 3.8) is 0 Å². The van der Waals surface area contributed by atoms with Gasteiger partial charge in [0, 0.05) is 53.7 Å². The maximum Gasteiger partial charge on any atom is 0.326 e. The number of imidazole rings is 2. The van der Waals surface area contributed by atoms with Crippen LogP contribution in [0.3, 0.4) is 0 Å². The minimum Gasteiger partial charge on any atom is -0.480 e. The number of hydrogen-bond acceptors (Lipinski definition) is 6. The van der Waals surface area contributed by atoms with Crippen LogP contribution in [0.4, 0.5) is 0 Å². The van der Waals surface area contributed by atoms with Crippen LogP contribution < -0.4 is 16.4 Å². The molecule has 0 aliphatic rings. The first-order valence-electron chi connectivity index (χ1n) is 11.0. The van der Waals surface area contributed by atoms with Gasteiger partial charge in [0.25, 0.3) is 0 Å². The number of carbonyl (C=O) groups is 3. The number of hydrogen-bond donors (Lipinski definition) is 7. The maximum atomic E-state index is 13.1. The van der Waals surface area contributed by atoms with Gasteiger partial charge in [0.15, 0.2) is 0 Å². The summed E-state index contributed by atoms with van der Waals surface area (Å²) in [4.78, 5) is 54.4. The lowest BCUT2D eigenvalue weighted by Crippen LogP contribution is -2.56. The SMILES string of the molecule is N[C@@H](Cc1c[nH]c2ccccc12)C(=O)N[C@@H](Cc1cnc[nH]1)C(=O)N[C@@H](Cc1cnc[nH]1)C(=O)O. The predicted octanol–water partition coefficient (Wildman–Crippen LogP) is 0.0235. The number of carbonyl (C=O) groups excluding carboxylic acids is 2. The Labute approximate surface area is 199 Å². The van der Waals surface area contributed by atoms with E-state index in [9.17, 15) is 19.5 Å². The highest BCUT2D eigenvalue weighted by Crippen LogP contribution is 2.18. The van der Waals surface area contributed by atoms with Gasteiger partial charge in [0.1, 0.15) is 12.1 Å². The van der Waals surface area contributed by atoms with Crippen molar-refractivity contribution in [2.75, 3.05) is 0 Å². The summed E-state index contributed by atoms with van der Waals surface area (Å²) in [5, 5.41) is 15.7. The topological polar surface area (TPSA) is 195 Å². The standard InChI is InChI=1S/C23H26N8O4/c24-17(5-13-8-27-18-4-2-1-3-16(13)18)21(32)30-19(6-14-9-25-11-28-14)22(33)31-20(23(34)35)7-15-10-26-12-29-15/h1-4,8-12,17,19-20,27H,5-7,24H2,(H,25,28)(H,26,29)(H,30,32)(H,31,33)(H,34,35)/t17-,19-,20-/m0/s1. The highest BCUT2D eigenvalue weighted by atomic mass is 16.4. The fraction of sp³-hybridized carbons (Fsp3) is 0.261. The molecule has 12 nitrogen and oxygen atoms in total. The Morgan fingerprint density at radius 2 is 1.51 bits per heavy atom. The number of nitrogens with zero attached hydrogens (tertiary/aromatic N) is 2. The summed E-state index contributed by atoms with van der Waals surface area (Å²) >= 11 is 0. The summed E-state index contributed by atoms with van der Waals surface area (Å²) in [6.07, 6.45) is 8.03. The molecule has 2 amide bonds. The zero-order valence-electron chi connectivity index (χ0n) is 18.7. The van der Waals surface area contributed by atoms with Crippen LogP contribution in [0.1, 0.15) is 17.0 Å². The minimum atomic E-state index is -1.22. The van der Waals surface area contributed by atoms with Gasteiger partial charge in [-0.2, -0.15) is 0 Å². The van der Waals surface area contributed by atoms with Crippen molar-refractivity contribution in [2.24, 2.45) is 5.73 Å². The van der Waals surface area contributed by atoms with E-state index in [4.69, 9.17) is 5.73 Å². The summed E-state index contributed by atoms with van der Waals surface area (Å²) < 4.78 is 0. The number of aromatic nitrogens is 5. The molecule has 0 bridgehead atoms. The van der Waals surface area contributed by atoms with Crippen LogP contribution in [0.2, 0.25) is 0 Å². The van der Waals surface area contributed by atoms with Crippen molar-refractivity contribution >= 4 is 28.7 Å². The molecule has 35 heavy (non-hydrogen) atoms. The summed E-state index contributed by atoms with van der Waals surface area (Å²) in [6, 6.07) is 4.46. The average Bonchev–Trinajstić information content (AvgIpc) is 3.61. The second-order valence-electron chi connectivity index (χ2n) is 8.19. The lowest BCUT2D eigenvalue weighted by Gasteiger charge is -2.22. The Morgan fingerprint density at radius 3 is 2.14 bits per heavy atom. The highest BCUT2D eigenvalue weighted by molar-refractivity contribution is 5.92. The molecule has 0 saturated heterocycles. The number of fused-ring (bicyclic) bond motifs is 1. The second-order valence-corrected chi connectivity index (χ2v) is 8.19. The van der Waals surface area contributed by atoms with E-state index in [1.54, 1.807) is 6.20 Å². The molecule has 3 heterocycles. The lowest BCUT2D eigenvalue weighted by atomic mass is 10.0. The van der Waals surface area contributed by atoms with Gasteiger partial charge in [0.2, 0.25) is 11.8 Å². The molecule has 0 spiro atoms. The Balaban J connectivity index is 1.45. The predicted molar refractivity (Wildman–Crippen MR) is 126 cm³/mol. The number of amides is 2. The number of rotatable bonds is 11. The monoisotopic (exact) mass is 478 g/mol. The third-order valence-electron chi connectivity index (χ3n) is 5.66. The molecule has 8 N–H and O–H groups in total. The maximum absolute atomic E-state index is 13.1. The van der Waals surface area contributed by atoms with Crippen LogP contribution in [-0.4, -0.2) is 65.9 Å². The van der Waals surface area contributed by atoms with Gasteiger partial charge in [0.05, 0.1) is 18.7 Å². The smallest absolute Gasteiger partial charge is 0.326 e. The summed E-state index contributed by atoms with van der Waals surface area (Å²) in [5.74, 6) is -2.40. The molecule has 0 aliphatic heterocycles. The van der Waals surface area contributed by atoms with Crippen LogP contribution in [-0.2, 0) is 33.6 Å². The number of benzene rings is 1. The fourth-order valence-electron chi connectivity index (χ4n) is 3.82. The van der Waals surface area contributed by atoms with E-state index in [-0.39, 0.29) is 19.3 Å². The third kappa shape index (κ3) is 5.92. The Bertz CT molecular complexity index is 1280. The van der Waals surface area contributed by atoms with Crippen LogP contribution in [0, 0.1) is 0 Å². The van der Waals surface area contributed by atoms with E-state index in [2.05, 4.69) is 35.6 Å². The molecule has 0 aliphatic carbocycles. The molecule has 3 aromatic heterocycles. The molecular weight excluding hydrogens is 452 g/mol. The van der Waals surface area contributed by atoms with Crippen molar-refractivity contribution in [3.05, 3.63) is 72.5 Å². The number of H-pyrrole nitrogens is 3. The number of aromatic amines is 3. The van der Waals surface area contributed by atoms with Gasteiger partial charge in [-0.3, -0.25) is 9.59 Å². The number of carboxylic acids is 1. The van der Waals surface area contributed by atoms with E-state index in [0.717, 1.165) is 16.5 Å². The van der Waals surface area contributed by atoms with E-state index < -0.39 is 35.9 Å². The molecule has 0 unspecified atom stereocenters. The first kappa shape index (κ1) is 23.7. The summed E-state index contributed by atoms with van der Waals surface area (Å²) in [6.45, 7) is 0. The number of nitrogens with one attached hydrogen (secondary N) is 5. The van der Waals surface area contributed by atoms with Gasteiger partial charge in [-0.15, -0.1) is 0 Å². The van der Waals surface area contributed by atoms with E-state index in [1.165, 1.54) is 25.0 Å². The van der Waals surface area contributed by atoms with Gasteiger partial charge < -0.3 is 36.4 Å². The van der Waals surface area contributed by atoms with Crippen molar-refractivity contribution in [1.82, 2.24) is 35.6 Å². The van der Waals surface area contributed by atoms with E-state index in [1.807, 2.05) is 24.3 Å². The van der Waals surface area contributed by atoms with Crippen molar-refractivity contribution in [2.45, 2.75) is 37.4 Å². The molecule has 0 fully saturated rings. The molecule has 4 rings (SSSR count). The largest absolute Gasteiger partial charge is 0.480 e. The third-order valence-corrected chi connectivity index (χ3v) is 5.66. The van der Waals surface area contributed by atoms with Crippen molar-refractivity contribution in [1.29, 1.82) is 0 Å². The molecule has 182 valence electrons. The normalized spacial score (nSPS) is 13.7. The van der Waals surface area contributed by atoms with E-state index >= 15 is 0 Å². The number of para-hydroxylation sites is 1. The zero-order chi connectivity index (χ0) is 24.8. The summed E-state index contributed by atoms with van der Waals surface area (Å²) in [7, 11) is 0. The number of aliphatic carboxylic acids is 1. The highest BCUT2D eigenvalue weighted by Gasteiger charge is 2.29. The fourth-order valence-corrected chi connectivity index (χ4v) is 3.82. The van der Waals surface area contributed by atoms with Gasteiger partial charge in [-0.05, 0) is 18.1 Å². The molecule has 1 aromatic carbocycles. The van der Waals surface area contributed by atoms with Crippen molar-refractivity contribution < 1.29 is 19.5 Å². The Hall–Kier alpha value is -4.45. The van der Waals surface area contributed by atoms with Crippen LogP contribution in [0.15, 0.2) is 55.5 Å². The quantitative estimate of drug-likeness (QED) is 0.158. The molecule has 3 atom stereocenters. The molecular formula is C23H26N8O4. The first-order chi connectivity index (χ1) is 16.9. The van der Waals surface area contributed by atoms with E-state index in [0.29, 0.717) is 11.4 Å². The van der Waals surface area contributed by atoms with Crippen LogP contribution in [0.5, 0.6) is 0 Å². The molecule has 0 saturated carbocycles. The van der Waals surface area contributed by atoms with Crippen LogP contribution in [0.25, 0.3) is 10.9 Å². The zero-order valence-corrected chi connectivity index (χ0v) is 18.7. The van der Waals surface area contributed by atoms with Gasteiger partial charge >= 0.3 is 5.97 Å². The second kappa shape index (κ2) is 10.7. The lowest BCUT2D eigenvalue weighted by molar-refractivity contribution is -0.142. The van der Waals surface area contributed by atoms with Gasteiger partial charge in [-0.1, -0.05) is 18.2 Å². The number of nitrogens with two attached hydrogens (primary N) is 1. The molecule has 12 heteroatoms. The van der Waals surface area contributed by atoms with Crippen molar-refractivity contribution in [3.8, 4) is 0 Å². The minimum absolute atomic E-state index is 0.00583.